The topological polar surface area (TPSA) is 72.8 Å². The fourth-order valence-electron chi connectivity index (χ4n) is 0.211. The molecule has 0 aliphatic carbocycles. The molecule has 0 aromatic heterocycles. The van der Waals surface area contributed by atoms with Gasteiger partial charge in [-0.05, 0) is 27.7 Å². The highest BCUT2D eigenvalue weighted by atomic mass is 27.0. The van der Waals surface area contributed by atoms with E-state index < -0.39 is 11.9 Å². The molecule has 1 N–H and O–H groups in total. The van der Waals surface area contributed by atoms with Crippen LogP contribution in [0.25, 0.3) is 0 Å². The van der Waals surface area contributed by atoms with Crippen molar-refractivity contribution in [3.05, 3.63) is 24.3 Å². The van der Waals surface area contributed by atoms with E-state index in [2.05, 4.69) is 22.9 Å². The van der Waals surface area contributed by atoms with Crippen molar-refractivity contribution >= 4 is 29.3 Å². The highest BCUT2D eigenvalue weighted by molar-refractivity contribution is 5.86. The third-order valence-electron chi connectivity index (χ3n) is 1.03. The maximum absolute atomic E-state index is 10.6. The molecule has 0 rings (SSSR count). The van der Waals surface area contributed by atoms with E-state index in [1.807, 2.05) is 0 Å². The second kappa shape index (κ2) is 11.4. The van der Waals surface area contributed by atoms with E-state index in [1.54, 1.807) is 20.8 Å². The van der Waals surface area contributed by atoms with E-state index >= 15 is 0 Å². The highest BCUT2D eigenvalue weighted by Gasteiger charge is 2.04. The maximum Gasteiger partial charge on any atom is 0.368 e. The first-order chi connectivity index (χ1) is 7.18. The van der Waals surface area contributed by atoms with E-state index in [9.17, 15) is 9.59 Å². The second-order valence-corrected chi connectivity index (χ2v) is 3.38. The lowest BCUT2D eigenvalue weighted by Gasteiger charge is -2.04. The smallest absolute Gasteiger partial charge is 0.368 e. The number of hydrogen-bond acceptors (Lipinski definition) is 4. The standard InChI is InChI=1S/C7H12O3.C4H6O2.Al.3H/c1-5(2)7(8)10-9-6(3)4;1-3(2)4(5)6;;;;/h6H,1H2,2-4H3;1H2,2H3,(H,5,6);;;;. The van der Waals surface area contributed by atoms with Crippen LogP contribution in [0.1, 0.15) is 27.7 Å². The number of carbonyl (C=O) groups is 2. The normalized spacial score (nSPS) is 8.29. The molecule has 6 heteroatoms. The number of carboxylic acid groups (broad SMARTS) is 1. The molecule has 17 heavy (non-hydrogen) atoms. The first kappa shape index (κ1) is 21.2. The van der Waals surface area contributed by atoms with Gasteiger partial charge in [0.15, 0.2) is 17.4 Å². The Balaban J connectivity index is -0.000000244. The minimum absolute atomic E-state index is 0. The van der Waals surface area contributed by atoms with Gasteiger partial charge in [0.2, 0.25) is 0 Å². The number of hydrogen-bond donors (Lipinski definition) is 1. The van der Waals surface area contributed by atoms with Crippen molar-refractivity contribution in [2.24, 2.45) is 0 Å². The zero-order chi connectivity index (χ0) is 13.3. The Morgan fingerprint density at radius 1 is 1.12 bits per heavy atom. The van der Waals surface area contributed by atoms with Crippen molar-refractivity contribution in [3.8, 4) is 0 Å². The summed E-state index contributed by atoms with van der Waals surface area (Å²) in [4.78, 5) is 29.1. The predicted molar refractivity (Wildman–Crippen MR) is 69.5 cm³/mol. The molecule has 0 saturated carbocycles. The molecule has 0 unspecified atom stereocenters. The molecule has 0 radical (unpaired) electrons. The SMILES string of the molecule is C=C(C)C(=O)O.C=C(C)C(=O)OOC(C)C.[AlH3]. The van der Waals surface area contributed by atoms with E-state index in [0.717, 1.165) is 0 Å². The van der Waals surface area contributed by atoms with Gasteiger partial charge in [-0.15, -0.1) is 0 Å². The van der Waals surface area contributed by atoms with Crippen LogP contribution in [0.5, 0.6) is 0 Å². The first-order valence-electron chi connectivity index (χ1n) is 4.60. The molecule has 0 aliphatic heterocycles. The van der Waals surface area contributed by atoms with Gasteiger partial charge in [0, 0.05) is 11.1 Å². The molecule has 0 aliphatic rings. The van der Waals surface area contributed by atoms with Crippen LogP contribution in [-0.4, -0.2) is 40.5 Å². The van der Waals surface area contributed by atoms with Gasteiger partial charge in [0.1, 0.15) is 0 Å². The third-order valence-corrected chi connectivity index (χ3v) is 1.03. The maximum atomic E-state index is 10.6. The summed E-state index contributed by atoms with van der Waals surface area (Å²) in [5, 5.41) is 7.89. The Bertz CT molecular complexity index is 272. The average molecular weight is 260 g/mol. The Morgan fingerprint density at radius 2 is 1.47 bits per heavy atom. The zero-order valence-electron chi connectivity index (χ0n) is 10.1. The molecule has 5 nitrogen and oxygen atoms in total. The molecule has 0 atom stereocenters. The lowest BCUT2D eigenvalue weighted by atomic mass is 10.4. The summed E-state index contributed by atoms with van der Waals surface area (Å²) in [6.07, 6.45) is -0.108. The highest BCUT2D eigenvalue weighted by Crippen LogP contribution is 1.95. The first-order valence-corrected chi connectivity index (χ1v) is 4.60. The van der Waals surface area contributed by atoms with Crippen LogP contribution in [0, 0.1) is 0 Å². The van der Waals surface area contributed by atoms with Crippen LogP contribution in [0.4, 0.5) is 0 Å². The van der Waals surface area contributed by atoms with Crippen molar-refractivity contribution in [1.29, 1.82) is 0 Å². The molecule has 0 saturated heterocycles. The van der Waals surface area contributed by atoms with Gasteiger partial charge in [0.05, 0.1) is 6.10 Å². The van der Waals surface area contributed by atoms with E-state index in [4.69, 9.17) is 5.11 Å². The molecule has 0 aromatic rings. The number of carbonyl (C=O) groups excluding carboxylic acids is 1. The lowest BCUT2D eigenvalue weighted by Crippen LogP contribution is -2.10. The summed E-state index contributed by atoms with van der Waals surface area (Å²) in [5.41, 5.74) is 0.510. The Morgan fingerprint density at radius 3 is 1.65 bits per heavy atom. The van der Waals surface area contributed by atoms with Crippen molar-refractivity contribution in [1.82, 2.24) is 0 Å². The summed E-state index contributed by atoms with van der Waals surface area (Å²) in [6.45, 7) is 13.1. The van der Waals surface area contributed by atoms with Gasteiger partial charge in [-0.3, -0.25) is 4.89 Å². The Kier molecular flexibility index (Phi) is 14.2. The quantitative estimate of drug-likeness (QED) is 0.352. The fourth-order valence-corrected chi connectivity index (χ4v) is 0.211. The van der Waals surface area contributed by atoms with E-state index in [1.165, 1.54) is 6.92 Å². The number of rotatable bonds is 4. The second-order valence-electron chi connectivity index (χ2n) is 3.38. The molecule has 0 spiro atoms. The van der Waals surface area contributed by atoms with Gasteiger partial charge in [0.25, 0.3) is 0 Å². The zero-order valence-corrected chi connectivity index (χ0v) is 10.1. The predicted octanol–water partition coefficient (Wildman–Crippen LogP) is 0.909. The van der Waals surface area contributed by atoms with E-state index in [0.29, 0.717) is 5.57 Å². The van der Waals surface area contributed by atoms with E-state index in [-0.39, 0.29) is 29.0 Å². The van der Waals surface area contributed by atoms with Gasteiger partial charge >= 0.3 is 11.9 Å². The van der Waals surface area contributed by atoms with Crippen molar-refractivity contribution in [2.45, 2.75) is 33.8 Å². The summed E-state index contributed by atoms with van der Waals surface area (Å²) < 4.78 is 0. The van der Waals surface area contributed by atoms with Crippen LogP contribution in [0.3, 0.4) is 0 Å². The van der Waals surface area contributed by atoms with Crippen molar-refractivity contribution in [3.63, 3.8) is 0 Å². The summed E-state index contributed by atoms with van der Waals surface area (Å²) in [7, 11) is 0. The largest absolute Gasteiger partial charge is 0.478 e. The van der Waals surface area contributed by atoms with Gasteiger partial charge in [-0.25, -0.2) is 9.59 Å². The summed E-state index contributed by atoms with van der Waals surface area (Å²) in [5.74, 6) is -1.45. The minimum Gasteiger partial charge on any atom is -0.478 e. The molecule has 0 heterocycles. The molecular formula is C11H21AlO5. The molecule has 0 bridgehead atoms. The van der Waals surface area contributed by atoms with Crippen molar-refractivity contribution < 1.29 is 24.5 Å². The molecular weight excluding hydrogens is 239 g/mol. The van der Waals surface area contributed by atoms with Gasteiger partial charge in [-0.2, -0.15) is 4.89 Å². The van der Waals surface area contributed by atoms with Crippen LogP contribution < -0.4 is 0 Å². The number of aliphatic carboxylic acids is 1. The average Bonchev–Trinajstić information content (AvgIpc) is 2.14. The van der Waals surface area contributed by atoms with Crippen LogP contribution in [0.2, 0.25) is 0 Å². The van der Waals surface area contributed by atoms with Gasteiger partial charge < -0.3 is 5.11 Å². The lowest BCUT2D eigenvalue weighted by molar-refractivity contribution is -0.287. The molecule has 0 aromatic carbocycles. The summed E-state index contributed by atoms with van der Waals surface area (Å²) >= 11 is 0. The summed E-state index contributed by atoms with van der Waals surface area (Å²) in [6, 6.07) is 0. The minimum atomic E-state index is -0.935. The van der Waals surface area contributed by atoms with Crippen molar-refractivity contribution in [2.75, 3.05) is 0 Å². The number of carboxylic acids is 1. The Hall–Kier alpha value is -1.09. The fraction of sp³-hybridized carbons (Fsp3) is 0.455. The van der Waals surface area contributed by atoms with Gasteiger partial charge in [-0.1, -0.05) is 13.2 Å². The monoisotopic (exact) mass is 260 g/mol. The molecule has 0 fully saturated rings. The van der Waals surface area contributed by atoms with Crippen LogP contribution >= 0.6 is 0 Å². The third kappa shape index (κ3) is 17.5. The van der Waals surface area contributed by atoms with Crippen LogP contribution in [-0.2, 0) is 19.4 Å². The Labute approximate surface area is 112 Å². The molecule has 98 valence electrons. The van der Waals surface area contributed by atoms with Crippen LogP contribution in [0.15, 0.2) is 24.3 Å². The molecule has 0 amide bonds.